The van der Waals surface area contributed by atoms with Gasteiger partial charge in [-0.2, -0.15) is 9.78 Å². The van der Waals surface area contributed by atoms with Gasteiger partial charge in [-0.15, -0.1) is 0 Å². The van der Waals surface area contributed by atoms with E-state index in [1.165, 1.54) is 7.11 Å². The minimum absolute atomic E-state index is 0.0151. The normalized spacial score (nSPS) is 9.62. The number of primary amides is 1. The molecule has 1 aromatic heterocycles. The monoisotopic (exact) mass is 184 g/mol. The van der Waals surface area contributed by atoms with Gasteiger partial charge in [-0.3, -0.25) is 0 Å². The Hall–Kier alpha value is -2.05. The molecule has 1 rings (SSSR count). The Balaban J connectivity index is 3.13. The summed E-state index contributed by atoms with van der Waals surface area (Å²) in [5.74, 6) is -0.788. The predicted octanol–water partition coefficient (Wildman–Crippen LogP) is -0.821. The summed E-state index contributed by atoms with van der Waals surface area (Å²) in [6.07, 6.45) is 1.12. The van der Waals surface area contributed by atoms with Gasteiger partial charge in [0.1, 0.15) is 11.4 Å². The molecule has 7 heteroatoms. The van der Waals surface area contributed by atoms with E-state index in [4.69, 9.17) is 11.5 Å². The number of aromatic nitrogens is 2. The highest BCUT2D eigenvalue weighted by atomic mass is 16.5. The largest absolute Gasteiger partial charge is 0.465 e. The topological polar surface area (TPSA) is 113 Å². The predicted molar refractivity (Wildman–Crippen MR) is 43.0 cm³/mol. The van der Waals surface area contributed by atoms with Crippen molar-refractivity contribution in [3.8, 4) is 0 Å². The second-order valence-corrected chi connectivity index (χ2v) is 2.19. The Morgan fingerprint density at radius 1 is 1.62 bits per heavy atom. The maximum absolute atomic E-state index is 11.0. The third-order valence-corrected chi connectivity index (χ3v) is 1.42. The lowest BCUT2D eigenvalue weighted by molar-refractivity contribution is 0.0602. The first-order chi connectivity index (χ1) is 6.07. The van der Waals surface area contributed by atoms with Crippen LogP contribution in [0.4, 0.5) is 10.6 Å². The minimum atomic E-state index is -0.854. The van der Waals surface area contributed by atoms with Gasteiger partial charge in [-0.1, -0.05) is 0 Å². The first kappa shape index (κ1) is 9.04. The van der Waals surface area contributed by atoms with Crippen molar-refractivity contribution < 1.29 is 14.3 Å². The SMILES string of the molecule is COC(=O)c1cnn(C(N)=O)c1N. The van der Waals surface area contributed by atoms with Crippen molar-refractivity contribution in [3.63, 3.8) is 0 Å². The average Bonchev–Trinajstić information content (AvgIpc) is 2.46. The van der Waals surface area contributed by atoms with E-state index < -0.39 is 12.0 Å². The lowest BCUT2D eigenvalue weighted by atomic mass is 10.3. The fourth-order valence-electron chi connectivity index (χ4n) is 0.801. The first-order valence-electron chi connectivity index (χ1n) is 3.29. The molecule has 13 heavy (non-hydrogen) atoms. The smallest absolute Gasteiger partial charge is 0.343 e. The standard InChI is InChI=1S/C6H8N4O3/c1-13-5(11)3-2-9-10(4(3)7)6(8)12/h2H,7H2,1H3,(H2,8,12). The molecule has 0 fully saturated rings. The van der Waals surface area contributed by atoms with Crippen molar-refractivity contribution in [3.05, 3.63) is 11.8 Å². The molecule has 0 aliphatic carbocycles. The van der Waals surface area contributed by atoms with Crippen LogP contribution in [0.25, 0.3) is 0 Å². The van der Waals surface area contributed by atoms with Crippen LogP contribution in [0.15, 0.2) is 6.20 Å². The van der Waals surface area contributed by atoms with Gasteiger partial charge in [0, 0.05) is 0 Å². The highest BCUT2D eigenvalue weighted by Crippen LogP contribution is 2.10. The molecule has 4 N–H and O–H groups in total. The zero-order chi connectivity index (χ0) is 10.0. The molecule has 1 aromatic rings. The number of hydrogen-bond acceptors (Lipinski definition) is 5. The van der Waals surface area contributed by atoms with E-state index in [9.17, 15) is 9.59 Å². The van der Waals surface area contributed by atoms with E-state index in [0.29, 0.717) is 4.68 Å². The van der Waals surface area contributed by atoms with Crippen LogP contribution in [0, 0.1) is 0 Å². The van der Waals surface area contributed by atoms with Gasteiger partial charge in [0.05, 0.1) is 13.3 Å². The van der Waals surface area contributed by atoms with Crippen LogP contribution in [0.5, 0.6) is 0 Å². The Labute approximate surface area is 73.2 Å². The number of anilines is 1. The van der Waals surface area contributed by atoms with E-state index in [1.807, 2.05) is 0 Å². The van der Waals surface area contributed by atoms with Crippen molar-refractivity contribution in [1.29, 1.82) is 0 Å². The summed E-state index contributed by atoms with van der Waals surface area (Å²) in [6, 6.07) is -0.854. The van der Waals surface area contributed by atoms with Crippen molar-refractivity contribution in [1.82, 2.24) is 9.78 Å². The van der Waals surface area contributed by atoms with Crippen molar-refractivity contribution in [2.75, 3.05) is 12.8 Å². The van der Waals surface area contributed by atoms with E-state index in [1.54, 1.807) is 0 Å². The molecule has 0 atom stereocenters. The summed E-state index contributed by atoms with van der Waals surface area (Å²) < 4.78 is 5.10. The van der Waals surface area contributed by atoms with Crippen LogP contribution >= 0.6 is 0 Å². The van der Waals surface area contributed by atoms with Crippen LogP contribution in [0.2, 0.25) is 0 Å². The van der Waals surface area contributed by atoms with Crippen LogP contribution in [0.3, 0.4) is 0 Å². The molecule has 0 saturated heterocycles. The summed E-state index contributed by atoms with van der Waals surface area (Å²) in [4.78, 5) is 21.6. The van der Waals surface area contributed by atoms with Crippen LogP contribution < -0.4 is 11.5 Å². The number of nitrogens with zero attached hydrogens (tertiary/aromatic N) is 2. The van der Waals surface area contributed by atoms with Gasteiger partial charge < -0.3 is 16.2 Å². The second-order valence-electron chi connectivity index (χ2n) is 2.19. The number of rotatable bonds is 1. The zero-order valence-electron chi connectivity index (χ0n) is 6.85. The zero-order valence-corrected chi connectivity index (χ0v) is 6.85. The molecule has 0 aliphatic rings. The fraction of sp³-hybridized carbons (Fsp3) is 0.167. The summed E-state index contributed by atoms with van der Waals surface area (Å²) in [6.45, 7) is 0. The molecule has 0 unspecified atom stereocenters. The van der Waals surface area contributed by atoms with E-state index in [-0.39, 0.29) is 11.4 Å². The minimum Gasteiger partial charge on any atom is -0.465 e. The van der Waals surface area contributed by atoms with Crippen LogP contribution in [0.1, 0.15) is 10.4 Å². The van der Waals surface area contributed by atoms with Gasteiger partial charge in [0.2, 0.25) is 0 Å². The highest BCUT2D eigenvalue weighted by Gasteiger charge is 2.17. The third-order valence-electron chi connectivity index (χ3n) is 1.42. The molecule has 0 spiro atoms. The quantitative estimate of drug-likeness (QED) is 0.553. The number of ether oxygens (including phenoxy) is 1. The van der Waals surface area contributed by atoms with Crippen LogP contribution in [-0.2, 0) is 4.74 Å². The van der Waals surface area contributed by atoms with Crippen molar-refractivity contribution >= 4 is 17.8 Å². The molecule has 7 nitrogen and oxygen atoms in total. The number of carbonyl (C=O) groups excluding carboxylic acids is 2. The number of methoxy groups -OCH3 is 1. The number of carbonyl (C=O) groups is 2. The maximum Gasteiger partial charge on any atom is 0.343 e. The molecule has 1 heterocycles. The Morgan fingerprint density at radius 3 is 2.62 bits per heavy atom. The molecule has 0 radical (unpaired) electrons. The Morgan fingerprint density at radius 2 is 2.23 bits per heavy atom. The second kappa shape index (κ2) is 3.13. The molecular formula is C6H8N4O3. The van der Waals surface area contributed by atoms with Gasteiger partial charge in [-0.05, 0) is 0 Å². The summed E-state index contributed by atoms with van der Waals surface area (Å²) in [5.41, 5.74) is 10.3. The average molecular weight is 184 g/mol. The summed E-state index contributed by atoms with van der Waals surface area (Å²) >= 11 is 0. The number of hydrogen-bond donors (Lipinski definition) is 2. The number of nitrogen functional groups attached to an aromatic ring is 1. The Bertz CT molecular complexity index is 357. The van der Waals surface area contributed by atoms with E-state index >= 15 is 0 Å². The molecule has 0 aromatic carbocycles. The van der Waals surface area contributed by atoms with E-state index in [0.717, 1.165) is 6.20 Å². The van der Waals surface area contributed by atoms with Crippen molar-refractivity contribution in [2.24, 2.45) is 5.73 Å². The lowest BCUT2D eigenvalue weighted by Gasteiger charge is -1.98. The number of amides is 1. The van der Waals surface area contributed by atoms with Gasteiger partial charge >= 0.3 is 12.0 Å². The lowest BCUT2D eigenvalue weighted by Crippen LogP contribution is -2.22. The van der Waals surface area contributed by atoms with Gasteiger partial charge in [-0.25, -0.2) is 9.59 Å². The molecule has 0 saturated carbocycles. The molecule has 1 amide bonds. The Kier molecular flexibility index (Phi) is 2.18. The molecule has 70 valence electrons. The van der Waals surface area contributed by atoms with Crippen molar-refractivity contribution in [2.45, 2.75) is 0 Å². The third kappa shape index (κ3) is 1.43. The van der Waals surface area contributed by atoms with Gasteiger partial charge in [0.15, 0.2) is 0 Å². The molecular weight excluding hydrogens is 176 g/mol. The first-order valence-corrected chi connectivity index (χ1v) is 3.29. The maximum atomic E-state index is 11.0. The highest BCUT2D eigenvalue weighted by molar-refractivity contribution is 5.95. The van der Waals surface area contributed by atoms with Crippen LogP contribution in [-0.4, -0.2) is 28.9 Å². The molecule has 0 aliphatic heterocycles. The number of esters is 1. The number of nitrogens with two attached hydrogens (primary N) is 2. The van der Waals surface area contributed by atoms with Gasteiger partial charge in [0.25, 0.3) is 0 Å². The molecule has 0 bridgehead atoms. The van der Waals surface area contributed by atoms with E-state index in [2.05, 4.69) is 9.84 Å². The summed E-state index contributed by atoms with van der Waals surface area (Å²) in [7, 11) is 1.20. The fourth-order valence-corrected chi connectivity index (χ4v) is 0.801. The summed E-state index contributed by atoms with van der Waals surface area (Å²) in [5, 5.41) is 3.50.